The monoisotopic (exact) mass is 281 g/mol. The molecule has 0 aliphatic heterocycles. The molecule has 0 radical (unpaired) electrons. The second-order valence-corrected chi connectivity index (χ2v) is 4.70. The Bertz CT molecular complexity index is 623. The number of pyridine rings is 1. The molecule has 0 amide bonds. The van der Waals surface area contributed by atoms with E-state index >= 15 is 0 Å². The van der Waals surface area contributed by atoms with Gasteiger partial charge in [-0.2, -0.15) is 13.2 Å². The molecule has 0 aliphatic rings. The van der Waals surface area contributed by atoms with Crippen molar-refractivity contribution < 1.29 is 18.3 Å². The molecule has 1 aromatic heterocycles. The fourth-order valence-electron chi connectivity index (χ4n) is 2.12. The number of nitrogens with zero attached hydrogens (tertiary/aromatic N) is 1. The van der Waals surface area contributed by atoms with E-state index in [1.165, 1.54) is 6.07 Å². The van der Waals surface area contributed by atoms with E-state index in [1.54, 1.807) is 32.3 Å². The summed E-state index contributed by atoms with van der Waals surface area (Å²) >= 11 is 0. The van der Waals surface area contributed by atoms with Gasteiger partial charge in [-0.15, -0.1) is 0 Å². The third-order valence-electron chi connectivity index (χ3n) is 3.25. The summed E-state index contributed by atoms with van der Waals surface area (Å²) in [7, 11) is 0. The molecule has 0 saturated heterocycles. The van der Waals surface area contributed by atoms with Gasteiger partial charge in [-0.3, -0.25) is 4.98 Å². The van der Waals surface area contributed by atoms with Crippen molar-refractivity contribution in [3.63, 3.8) is 0 Å². The first-order valence-corrected chi connectivity index (χ1v) is 6.07. The number of aliphatic hydroxyl groups excluding tert-OH is 1. The van der Waals surface area contributed by atoms with Gasteiger partial charge in [0.15, 0.2) is 0 Å². The van der Waals surface area contributed by atoms with Crippen LogP contribution in [0.3, 0.4) is 0 Å². The van der Waals surface area contributed by atoms with Crippen LogP contribution < -0.4 is 0 Å². The van der Waals surface area contributed by atoms with Crippen LogP contribution in [-0.2, 0) is 6.18 Å². The molecular formula is C15H14F3NO. The molecule has 0 spiro atoms. The summed E-state index contributed by atoms with van der Waals surface area (Å²) in [5.41, 5.74) is 1.59. The third-order valence-corrected chi connectivity index (χ3v) is 3.25. The number of halogens is 3. The molecule has 0 aliphatic carbocycles. The maximum absolute atomic E-state index is 12.6. The van der Waals surface area contributed by atoms with Crippen molar-refractivity contribution in [2.75, 3.05) is 0 Å². The summed E-state index contributed by atoms with van der Waals surface area (Å²) in [6.07, 6.45) is -2.18. The molecule has 20 heavy (non-hydrogen) atoms. The molecule has 1 N–H and O–H groups in total. The lowest BCUT2D eigenvalue weighted by Crippen LogP contribution is -2.09. The Morgan fingerprint density at radius 2 is 1.70 bits per heavy atom. The van der Waals surface area contributed by atoms with Crippen molar-refractivity contribution in [2.45, 2.75) is 26.1 Å². The highest BCUT2D eigenvalue weighted by atomic mass is 19.4. The minimum absolute atomic E-state index is 0.406. The molecule has 1 aromatic carbocycles. The van der Waals surface area contributed by atoms with Gasteiger partial charge in [0.25, 0.3) is 0 Å². The molecule has 2 nitrogen and oxygen atoms in total. The lowest BCUT2D eigenvalue weighted by molar-refractivity contribution is -0.137. The lowest BCUT2D eigenvalue weighted by atomic mass is 9.94. The number of benzene rings is 1. The topological polar surface area (TPSA) is 33.1 Å². The number of aromatic nitrogens is 1. The normalized spacial score (nSPS) is 13.3. The molecule has 0 bridgehead atoms. The summed E-state index contributed by atoms with van der Waals surface area (Å²) in [6, 6.07) is 5.02. The number of alkyl halides is 3. The van der Waals surface area contributed by atoms with E-state index < -0.39 is 17.8 Å². The summed E-state index contributed by atoms with van der Waals surface area (Å²) in [5.74, 6) is 0. The first-order valence-electron chi connectivity index (χ1n) is 6.07. The maximum Gasteiger partial charge on any atom is 0.416 e. The van der Waals surface area contributed by atoms with E-state index in [0.717, 1.165) is 17.7 Å². The third kappa shape index (κ3) is 2.82. The first-order chi connectivity index (χ1) is 9.30. The van der Waals surface area contributed by atoms with E-state index in [9.17, 15) is 18.3 Å². The Morgan fingerprint density at radius 3 is 2.25 bits per heavy atom. The van der Waals surface area contributed by atoms with Gasteiger partial charge in [0.05, 0.1) is 5.56 Å². The number of hydrogen-bond donors (Lipinski definition) is 1. The Balaban J connectivity index is 2.42. The molecule has 0 saturated carbocycles. The SMILES string of the molecule is Cc1cnccc1C(O)c1ccc(C(F)(F)F)cc1C. The van der Waals surface area contributed by atoms with Crippen LogP contribution in [0.25, 0.3) is 0 Å². The van der Waals surface area contributed by atoms with Gasteiger partial charge in [-0.1, -0.05) is 6.07 Å². The first kappa shape index (κ1) is 14.5. The Labute approximate surface area is 114 Å². The van der Waals surface area contributed by atoms with Crippen LogP contribution in [0.1, 0.15) is 33.9 Å². The predicted molar refractivity (Wildman–Crippen MR) is 69.2 cm³/mol. The molecular weight excluding hydrogens is 267 g/mol. The molecule has 1 atom stereocenters. The minimum atomic E-state index is -4.37. The zero-order chi connectivity index (χ0) is 14.9. The van der Waals surface area contributed by atoms with Crippen molar-refractivity contribution in [2.24, 2.45) is 0 Å². The maximum atomic E-state index is 12.6. The largest absolute Gasteiger partial charge is 0.416 e. The average Bonchev–Trinajstić information content (AvgIpc) is 2.37. The van der Waals surface area contributed by atoms with Crippen LogP contribution in [0.15, 0.2) is 36.7 Å². The number of aryl methyl sites for hydroxylation is 2. The van der Waals surface area contributed by atoms with Gasteiger partial charge in [-0.25, -0.2) is 0 Å². The Hall–Kier alpha value is -1.88. The highest BCUT2D eigenvalue weighted by Gasteiger charge is 2.31. The van der Waals surface area contributed by atoms with Crippen LogP contribution in [0.4, 0.5) is 13.2 Å². The molecule has 2 aromatic rings. The standard InChI is InChI=1S/C15H14F3NO/c1-9-7-11(15(16,17)18)3-4-12(9)14(20)13-5-6-19-8-10(13)2/h3-8,14,20H,1-2H3. The van der Waals surface area contributed by atoms with Crippen molar-refractivity contribution in [3.8, 4) is 0 Å². The number of hydrogen-bond acceptors (Lipinski definition) is 2. The summed E-state index contributed by atoms with van der Waals surface area (Å²) in [6.45, 7) is 3.36. The van der Waals surface area contributed by atoms with Gasteiger partial charge in [-0.05, 0) is 54.3 Å². The van der Waals surface area contributed by atoms with Gasteiger partial charge >= 0.3 is 6.18 Å². The predicted octanol–water partition coefficient (Wildman–Crippen LogP) is 3.80. The number of rotatable bonds is 2. The van der Waals surface area contributed by atoms with Crippen LogP contribution in [0, 0.1) is 13.8 Å². The molecule has 0 fully saturated rings. The molecule has 5 heteroatoms. The van der Waals surface area contributed by atoms with Crippen LogP contribution >= 0.6 is 0 Å². The zero-order valence-electron chi connectivity index (χ0n) is 11.1. The van der Waals surface area contributed by atoms with Crippen LogP contribution in [-0.4, -0.2) is 10.1 Å². The van der Waals surface area contributed by atoms with Gasteiger partial charge in [0, 0.05) is 12.4 Å². The number of aliphatic hydroxyl groups is 1. The molecule has 1 heterocycles. The minimum Gasteiger partial charge on any atom is -0.384 e. The van der Waals surface area contributed by atoms with E-state index in [4.69, 9.17) is 0 Å². The summed E-state index contributed by atoms with van der Waals surface area (Å²) in [4.78, 5) is 3.93. The highest BCUT2D eigenvalue weighted by Crippen LogP contribution is 2.33. The van der Waals surface area contributed by atoms with Crippen molar-refractivity contribution in [3.05, 3.63) is 64.5 Å². The summed E-state index contributed by atoms with van der Waals surface area (Å²) in [5, 5.41) is 10.3. The Kier molecular flexibility index (Phi) is 3.81. The molecule has 106 valence electrons. The summed E-state index contributed by atoms with van der Waals surface area (Å²) < 4.78 is 37.9. The van der Waals surface area contributed by atoms with E-state index in [1.807, 2.05) is 0 Å². The van der Waals surface area contributed by atoms with Crippen LogP contribution in [0.2, 0.25) is 0 Å². The highest BCUT2D eigenvalue weighted by molar-refractivity contribution is 5.40. The van der Waals surface area contributed by atoms with Crippen molar-refractivity contribution >= 4 is 0 Å². The lowest BCUT2D eigenvalue weighted by Gasteiger charge is -2.17. The zero-order valence-corrected chi connectivity index (χ0v) is 11.1. The van der Waals surface area contributed by atoms with E-state index in [-0.39, 0.29) is 0 Å². The quantitative estimate of drug-likeness (QED) is 0.908. The van der Waals surface area contributed by atoms with E-state index in [2.05, 4.69) is 4.98 Å². The second-order valence-electron chi connectivity index (χ2n) is 4.70. The van der Waals surface area contributed by atoms with Crippen LogP contribution in [0.5, 0.6) is 0 Å². The fourth-order valence-corrected chi connectivity index (χ4v) is 2.12. The smallest absolute Gasteiger partial charge is 0.384 e. The average molecular weight is 281 g/mol. The second kappa shape index (κ2) is 5.25. The van der Waals surface area contributed by atoms with Gasteiger partial charge < -0.3 is 5.11 Å². The van der Waals surface area contributed by atoms with Gasteiger partial charge in [0.2, 0.25) is 0 Å². The van der Waals surface area contributed by atoms with Gasteiger partial charge in [0.1, 0.15) is 6.10 Å². The van der Waals surface area contributed by atoms with Crippen molar-refractivity contribution in [1.82, 2.24) is 4.98 Å². The Morgan fingerprint density at radius 1 is 1.05 bits per heavy atom. The van der Waals surface area contributed by atoms with E-state index in [0.29, 0.717) is 16.7 Å². The van der Waals surface area contributed by atoms with Crippen molar-refractivity contribution in [1.29, 1.82) is 0 Å². The fraction of sp³-hybridized carbons (Fsp3) is 0.267. The molecule has 2 rings (SSSR count). The molecule has 1 unspecified atom stereocenters.